The molecule has 0 spiro atoms. The highest BCUT2D eigenvalue weighted by Gasteiger charge is 2.17. The lowest BCUT2D eigenvalue weighted by molar-refractivity contribution is -0.139. The fourth-order valence-electron chi connectivity index (χ4n) is 1.85. The predicted molar refractivity (Wildman–Crippen MR) is 87.5 cm³/mol. The van der Waals surface area contributed by atoms with E-state index in [-0.39, 0.29) is 37.4 Å². The van der Waals surface area contributed by atoms with Crippen LogP contribution in [-0.2, 0) is 20.9 Å². The molecular weight excluding hydrogens is 296 g/mol. The minimum Gasteiger partial charge on any atom is -0.350 e. The van der Waals surface area contributed by atoms with Crippen molar-refractivity contribution >= 4 is 17.7 Å². The van der Waals surface area contributed by atoms with Gasteiger partial charge in [0.05, 0.1) is 19.6 Å². The van der Waals surface area contributed by atoms with Crippen LogP contribution >= 0.6 is 0 Å². The van der Waals surface area contributed by atoms with E-state index in [4.69, 9.17) is 0 Å². The minimum absolute atomic E-state index is 0.0419. The molecule has 23 heavy (non-hydrogen) atoms. The fourth-order valence-corrected chi connectivity index (χ4v) is 1.85. The monoisotopic (exact) mass is 320 g/mol. The predicted octanol–water partition coefficient (Wildman–Crippen LogP) is -0.561. The minimum atomic E-state index is -0.285. The summed E-state index contributed by atoms with van der Waals surface area (Å²) in [6, 6.07) is 9.53. The number of benzene rings is 1. The van der Waals surface area contributed by atoms with E-state index in [1.165, 1.54) is 9.80 Å². The fraction of sp³-hybridized carbons (Fsp3) is 0.438. The third-order valence-electron chi connectivity index (χ3n) is 3.27. The standard InChI is InChI=1S/C16H24N4O3/c1-17-10-15(22)20(3)12-16(23)19(2)11-14(21)18-9-13-7-5-4-6-8-13/h4-8,17H,9-12H2,1-3H3,(H,18,21). The number of nitrogens with zero attached hydrogens (tertiary/aromatic N) is 2. The normalized spacial score (nSPS) is 10.0. The number of carbonyl (C=O) groups is 3. The van der Waals surface area contributed by atoms with Gasteiger partial charge < -0.3 is 20.4 Å². The highest BCUT2D eigenvalue weighted by atomic mass is 16.2. The summed E-state index contributed by atoms with van der Waals surface area (Å²) in [7, 11) is 4.76. The van der Waals surface area contributed by atoms with Crippen LogP contribution in [0.4, 0.5) is 0 Å². The average molecular weight is 320 g/mol. The maximum absolute atomic E-state index is 12.0. The van der Waals surface area contributed by atoms with Crippen molar-refractivity contribution in [3.63, 3.8) is 0 Å². The van der Waals surface area contributed by atoms with E-state index < -0.39 is 0 Å². The zero-order valence-electron chi connectivity index (χ0n) is 13.8. The molecule has 0 aliphatic rings. The molecule has 3 amide bonds. The van der Waals surface area contributed by atoms with E-state index in [1.807, 2.05) is 30.3 Å². The number of rotatable bonds is 8. The van der Waals surface area contributed by atoms with Crippen molar-refractivity contribution in [3.8, 4) is 0 Å². The summed E-state index contributed by atoms with van der Waals surface area (Å²) in [4.78, 5) is 38.1. The number of hydrogen-bond acceptors (Lipinski definition) is 4. The first-order valence-electron chi connectivity index (χ1n) is 7.37. The third-order valence-corrected chi connectivity index (χ3v) is 3.27. The van der Waals surface area contributed by atoms with Crippen molar-refractivity contribution in [1.82, 2.24) is 20.4 Å². The molecule has 126 valence electrons. The Kier molecular flexibility index (Phi) is 7.76. The maximum atomic E-state index is 12.0. The summed E-state index contributed by atoms with van der Waals surface area (Å²) in [6.07, 6.45) is 0. The topological polar surface area (TPSA) is 81.8 Å². The van der Waals surface area contributed by atoms with Crippen LogP contribution in [0.3, 0.4) is 0 Å². The highest BCUT2D eigenvalue weighted by molar-refractivity contribution is 5.88. The molecule has 0 fully saturated rings. The summed E-state index contributed by atoms with van der Waals surface area (Å²) >= 11 is 0. The Balaban J connectivity index is 2.36. The molecule has 1 aromatic carbocycles. The molecule has 0 saturated heterocycles. The SMILES string of the molecule is CNCC(=O)N(C)CC(=O)N(C)CC(=O)NCc1ccccc1. The van der Waals surface area contributed by atoms with Gasteiger partial charge in [-0.1, -0.05) is 30.3 Å². The van der Waals surface area contributed by atoms with Gasteiger partial charge in [-0.2, -0.15) is 0 Å². The van der Waals surface area contributed by atoms with Crippen LogP contribution in [0.5, 0.6) is 0 Å². The molecule has 0 heterocycles. The van der Waals surface area contributed by atoms with E-state index in [2.05, 4.69) is 10.6 Å². The number of hydrogen-bond donors (Lipinski definition) is 2. The molecule has 0 saturated carbocycles. The van der Waals surface area contributed by atoms with E-state index in [9.17, 15) is 14.4 Å². The van der Waals surface area contributed by atoms with Gasteiger partial charge in [-0.3, -0.25) is 14.4 Å². The molecule has 7 nitrogen and oxygen atoms in total. The molecule has 0 aliphatic carbocycles. The van der Waals surface area contributed by atoms with Crippen molar-refractivity contribution < 1.29 is 14.4 Å². The number of carbonyl (C=O) groups excluding carboxylic acids is 3. The second-order valence-corrected chi connectivity index (χ2v) is 5.29. The molecule has 0 atom stereocenters. The Labute approximate surface area is 136 Å². The van der Waals surface area contributed by atoms with Crippen LogP contribution in [0.15, 0.2) is 30.3 Å². The van der Waals surface area contributed by atoms with Crippen molar-refractivity contribution in [2.45, 2.75) is 6.54 Å². The lowest BCUT2D eigenvalue weighted by Gasteiger charge is -2.21. The lowest BCUT2D eigenvalue weighted by Crippen LogP contribution is -2.45. The van der Waals surface area contributed by atoms with Gasteiger partial charge in [-0.25, -0.2) is 0 Å². The number of likely N-dealkylation sites (N-methyl/N-ethyl adjacent to an activating group) is 3. The second-order valence-electron chi connectivity index (χ2n) is 5.29. The van der Waals surface area contributed by atoms with Gasteiger partial charge >= 0.3 is 0 Å². The average Bonchev–Trinajstić information content (AvgIpc) is 2.54. The Hall–Kier alpha value is -2.41. The first-order valence-corrected chi connectivity index (χ1v) is 7.37. The van der Waals surface area contributed by atoms with Crippen molar-refractivity contribution in [2.75, 3.05) is 40.8 Å². The molecular formula is C16H24N4O3. The molecule has 7 heteroatoms. The van der Waals surface area contributed by atoms with Crippen LogP contribution in [0.1, 0.15) is 5.56 Å². The van der Waals surface area contributed by atoms with Crippen LogP contribution in [0.2, 0.25) is 0 Å². The molecule has 2 N–H and O–H groups in total. The highest BCUT2D eigenvalue weighted by Crippen LogP contribution is 1.97. The van der Waals surface area contributed by atoms with E-state index in [0.29, 0.717) is 6.54 Å². The van der Waals surface area contributed by atoms with E-state index in [0.717, 1.165) is 5.56 Å². The zero-order valence-corrected chi connectivity index (χ0v) is 13.8. The molecule has 0 aliphatic heterocycles. The molecule has 1 aromatic rings. The van der Waals surface area contributed by atoms with Gasteiger partial charge in [0.25, 0.3) is 0 Å². The largest absolute Gasteiger partial charge is 0.350 e. The molecule has 0 bridgehead atoms. The van der Waals surface area contributed by atoms with Crippen molar-refractivity contribution in [1.29, 1.82) is 0 Å². The lowest BCUT2D eigenvalue weighted by atomic mass is 10.2. The van der Waals surface area contributed by atoms with Gasteiger partial charge in [0, 0.05) is 20.6 Å². The Morgan fingerprint density at radius 1 is 0.957 bits per heavy atom. The summed E-state index contributed by atoms with van der Waals surface area (Å²) in [5, 5.41) is 5.49. The zero-order chi connectivity index (χ0) is 17.2. The van der Waals surface area contributed by atoms with Crippen LogP contribution in [0, 0.1) is 0 Å². The first-order chi connectivity index (χ1) is 10.9. The summed E-state index contributed by atoms with van der Waals surface area (Å²) in [5.74, 6) is -0.705. The van der Waals surface area contributed by atoms with Gasteiger partial charge in [0.15, 0.2) is 0 Å². The Morgan fingerprint density at radius 3 is 2.17 bits per heavy atom. The van der Waals surface area contributed by atoms with Crippen molar-refractivity contribution in [2.24, 2.45) is 0 Å². The number of amides is 3. The van der Waals surface area contributed by atoms with E-state index >= 15 is 0 Å². The second kappa shape index (κ2) is 9.58. The smallest absolute Gasteiger partial charge is 0.242 e. The molecule has 0 unspecified atom stereocenters. The van der Waals surface area contributed by atoms with Crippen LogP contribution < -0.4 is 10.6 Å². The molecule has 1 rings (SSSR count). The summed E-state index contributed by atoms with van der Waals surface area (Å²) in [6.45, 7) is 0.496. The van der Waals surface area contributed by atoms with E-state index in [1.54, 1.807) is 21.1 Å². The first kappa shape index (κ1) is 18.6. The Bertz CT molecular complexity index is 533. The Morgan fingerprint density at radius 2 is 1.57 bits per heavy atom. The quantitative estimate of drug-likeness (QED) is 0.673. The summed E-state index contributed by atoms with van der Waals surface area (Å²) < 4.78 is 0. The van der Waals surface area contributed by atoms with Gasteiger partial charge in [0.1, 0.15) is 0 Å². The van der Waals surface area contributed by atoms with Gasteiger partial charge in [-0.05, 0) is 12.6 Å². The number of nitrogens with one attached hydrogen (secondary N) is 2. The van der Waals surface area contributed by atoms with Crippen LogP contribution in [0.25, 0.3) is 0 Å². The maximum Gasteiger partial charge on any atom is 0.242 e. The van der Waals surface area contributed by atoms with Gasteiger partial charge in [0.2, 0.25) is 17.7 Å². The molecule has 0 radical (unpaired) electrons. The third kappa shape index (κ3) is 6.92. The van der Waals surface area contributed by atoms with Gasteiger partial charge in [-0.15, -0.1) is 0 Å². The molecule has 0 aromatic heterocycles. The van der Waals surface area contributed by atoms with Crippen LogP contribution in [-0.4, -0.2) is 68.3 Å². The summed E-state index contributed by atoms with van der Waals surface area (Å²) in [5.41, 5.74) is 0.993. The van der Waals surface area contributed by atoms with Crippen molar-refractivity contribution in [3.05, 3.63) is 35.9 Å².